The first-order valence-corrected chi connectivity index (χ1v) is 6.95. The zero-order valence-electron chi connectivity index (χ0n) is 8.82. The summed E-state index contributed by atoms with van der Waals surface area (Å²) in [6.45, 7) is 3.71. The van der Waals surface area contributed by atoms with Crippen molar-refractivity contribution in [3.8, 4) is 0 Å². The number of hydrogen-bond donors (Lipinski definition) is 1. The van der Waals surface area contributed by atoms with Crippen LogP contribution < -0.4 is 5.73 Å². The molecule has 0 radical (unpaired) electrons. The zero-order chi connectivity index (χ0) is 10.8. The second-order valence-electron chi connectivity index (χ2n) is 4.20. The van der Waals surface area contributed by atoms with Crippen molar-refractivity contribution in [1.82, 2.24) is 0 Å². The van der Waals surface area contributed by atoms with E-state index in [1.807, 2.05) is 6.92 Å². The normalized spacial score (nSPS) is 31.8. The predicted molar refractivity (Wildman–Crippen MR) is 55.8 cm³/mol. The van der Waals surface area contributed by atoms with Crippen molar-refractivity contribution in [2.75, 3.05) is 31.8 Å². The van der Waals surface area contributed by atoms with Crippen molar-refractivity contribution in [3.05, 3.63) is 0 Å². The number of sulfone groups is 1. The summed E-state index contributed by atoms with van der Waals surface area (Å²) < 4.78 is 27.5. The molecule has 2 N–H and O–H groups in total. The lowest BCUT2D eigenvalue weighted by molar-refractivity contribution is 0.0982. The van der Waals surface area contributed by atoms with Gasteiger partial charge in [-0.3, -0.25) is 0 Å². The van der Waals surface area contributed by atoms with E-state index < -0.39 is 9.84 Å². The van der Waals surface area contributed by atoms with E-state index >= 15 is 0 Å². The molecule has 0 aromatic rings. The van der Waals surface area contributed by atoms with Crippen molar-refractivity contribution in [1.29, 1.82) is 0 Å². The molecule has 0 amide bonds. The first-order chi connectivity index (χ1) is 6.43. The minimum absolute atomic E-state index is 0.0565. The summed E-state index contributed by atoms with van der Waals surface area (Å²) in [4.78, 5) is 0. The van der Waals surface area contributed by atoms with Gasteiger partial charge in [0.25, 0.3) is 0 Å². The van der Waals surface area contributed by atoms with Gasteiger partial charge in [0.1, 0.15) is 9.84 Å². The molecule has 1 saturated carbocycles. The highest BCUT2D eigenvalue weighted by atomic mass is 32.2. The summed E-state index contributed by atoms with van der Waals surface area (Å²) in [5.74, 6) is 0.450. The van der Waals surface area contributed by atoms with Crippen LogP contribution >= 0.6 is 0 Å². The number of rotatable bonds is 6. The maximum Gasteiger partial charge on any atom is 0.147 e. The molecule has 14 heavy (non-hydrogen) atoms. The molecule has 0 saturated heterocycles. The molecule has 2 atom stereocenters. The predicted octanol–water partition coefficient (Wildman–Crippen LogP) is 0.0325. The van der Waals surface area contributed by atoms with E-state index in [4.69, 9.17) is 10.5 Å². The quantitative estimate of drug-likeness (QED) is 0.687. The first kappa shape index (κ1) is 11.9. The van der Waals surface area contributed by atoms with Crippen molar-refractivity contribution in [3.63, 3.8) is 0 Å². The third-order valence-corrected chi connectivity index (χ3v) is 3.87. The van der Waals surface area contributed by atoms with Gasteiger partial charge in [-0.1, -0.05) is 0 Å². The van der Waals surface area contributed by atoms with Crippen LogP contribution in [0.3, 0.4) is 0 Å². The van der Waals surface area contributed by atoms with Gasteiger partial charge in [0.2, 0.25) is 0 Å². The van der Waals surface area contributed by atoms with E-state index in [0.29, 0.717) is 19.8 Å². The van der Waals surface area contributed by atoms with Crippen LogP contribution in [0.25, 0.3) is 0 Å². The van der Waals surface area contributed by atoms with E-state index in [1.165, 1.54) is 6.26 Å². The fraction of sp³-hybridized carbons (Fsp3) is 1.00. The van der Waals surface area contributed by atoms with Crippen LogP contribution in [0.2, 0.25) is 0 Å². The summed E-state index contributed by atoms with van der Waals surface area (Å²) in [5, 5.41) is 0. The molecule has 0 aliphatic heterocycles. The lowest BCUT2D eigenvalue weighted by Gasteiger charge is -2.14. The molecular formula is C9H19NO3S. The van der Waals surface area contributed by atoms with Gasteiger partial charge in [-0.05, 0) is 19.3 Å². The molecule has 1 fully saturated rings. The molecule has 0 aromatic heterocycles. The Kier molecular flexibility index (Phi) is 3.55. The molecule has 1 rings (SSSR count). The van der Waals surface area contributed by atoms with Crippen molar-refractivity contribution in [2.24, 2.45) is 17.1 Å². The molecule has 0 bridgehead atoms. The third-order valence-electron chi connectivity index (χ3n) is 2.86. The van der Waals surface area contributed by atoms with Crippen molar-refractivity contribution < 1.29 is 13.2 Å². The smallest absolute Gasteiger partial charge is 0.147 e. The average Bonchev–Trinajstić information content (AvgIpc) is 2.73. The minimum atomic E-state index is -2.88. The maximum absolute atomic E-state index is 11.1. The molecule has 1 aliphatic rings. The molecule has 5 heteroatoms. The summed E-state index contributed by atoms with van der Waals surface area (Å²) >= 11 is 0. The molecule has 4 nitrogen and oxygen atoms in total. The van der Waals surface area contributed by atoms with Crippen LogP contribution in [0.5, 0.6) is 0 Å². The summed E-state index contributed by atoms with van der Waals surface area (Å²) in [7, 11) is -2.88. The summed E-state index contributed by atoms with van der Waals surface area (Å²) in [6.07, 6.45) is 2.16. The van der Waals surface area contributed by atoms with Crippen LogP contribution in [-0.2, 0) is 14.6 Å². The fourth-order valence-electron chi connectivity index (χ4n) is 1.82. The van der Waals surface area contributed by atoms with E-state index in [-0.39, 0.29) is 17.1 Å². The highest BCUT2D eigenvalue weighted by Gasteiger charge is 2.54. The van der Waals surface area contributed by atoms with E-state index in [2.05, 4.69) is 0 Å². The number of ether oxygens (including phenoxy) is 1. The molecule has 84 valence electrons. The van der Waals surface area contributed by atoms with Crippen LogP contribution in [0, 0.1) is 11.3 Å². The molecule has 0 spiro atoms. The van der Waals surface area contributed by atoms with Gasteiger partial charge in [0.15, 0.2) is 0 Å². The summed E-state index contributed by atoms with van der Waals surface area (Å²) in [6, 6.07) is 0. The molecule has 0 heterocycles. The highest BCUT2D eigenvalue weighted by molar-refractivity contribution is 7.90. The SMILES string of the molecule is CCOCC1(CN)CC1CS(C)(=O)=O. The number of hydrogen-bond acceptors (Lipinski definition) is 4. The van der Waals surface area contributed by atoms with Crippen molar-refractivity contribution >= 4 is 9.84 Å². The highest BCUT2D eigenvalue weighted by Crippen LogP contribution is 2.52. The maximum atomic E-state index is 11.1. The van der Waals surface area contributed by atoms with Gasteiger partial charge in [0.05, 0.1) is 12.4 Å². The standard InChI is InChI=1S/C9H19NO3S/c1-3-13-7-9(6-10)4-8(9)5-14(2,11)12/h8H,3-7,10H2,1-2H3. The van der Waals surface area contributed by atoms with E-state index in [1.54, 1.807) is 0 Å². The van der Waals surface area contributed by atoms with Crippen molar-refractivity contribution in [2.45, 2.75) is 13.3 Å². The van der Waals surface area contributed by atoms with Gasteiger partial charge < -0.3 is 10.5 Å². The van der Waals surface area contributed by atoms with E-state index in [0.717, 1.165) is 6.42 Å². The van der Waals surface area contributed by atoms with Gasteiger partial charge in [0, 0.05) is 24.8 Å². The van der Waals surface area contributed by atoms with Gasteiger partial charge in [-0.25, -0.2) is 8.42 Å². The Balaban J connectivity index is 2.46. The fourth-order valence-corrected chi connectivity index (χ4v) is 3.03. The Labute approximate surface area is 85.7 Å². The molecule has 1 aliphatic carbocycles. The Morgan fingerprint density at radius 3 is 2.64 bits per heavy atom. The Morgan fingerprint density at radius 2 is 2.21 bits per heavy atom. The van der Waals surface area contributed by atoms with Gasteiger partial charge in [-0.2, -0.15) is 0 Å². The lowest BCUT2D eigenvalue weighted by Crippen LogP contribution is -2.25. The topological polar surface area (TPSA) is 69.4 Å². The summed E-state index contributed by atoms with van der Waals surface area (Å²) in [5.41, 5.74) is 5.59. The Bertz CT molecular complexity index is 288. The average molecular weight is 221 g/mol. The van der Waals surface area contributed by atoms with Crippen LogP contribution in [0.4, 0.5) is 0 Å². The van der Waals surface area contributed by atoms with E-state index in [9.17, 15) is 8.42 Å². The minimum Gasteiger partial charge on any atom is -0.381 e. The molecule has 0 aromatic carbocycles. The lowest BCUT2D eigenvalue weighted by atomic mass is 10.1. The monoisotopic (exact) mass is 221 g/mol. The largest absolute Gasteiger partial charge is 0.381 e. The molecule has 2 unspecified atom stereocenters. The van der Waals surface area contributed by atoms with Crippen LogP contribution in [0.15, 0.2) is 0 Å². The zero-order valence-corrected chi connectivity index (χ0v) is 9.64. The molecular weight excluding hydrogens is 202 g/mol. The van der Waals surface area contributed by atoms with Gasteiger partial charge in [-0.15, -0.1) is 0 Å². The van der Waals surface area contributed by atoms with Crippen LogP contribution in [-0.4, -0.2) is 40.2 Å². The second-order valence-corrected chi connectivity index (χ2v) is 6.38. The third kappa shape index (κ3) is 2.93. The second kappa shape index (κ2) is 4.16. The van der Waals surface area contributed by atoms with Gasteiger partial charge >= 0.3 is 0 Å². The first-order valence-electron chi connectivity index (χ1n) is 4.89. The number of nitrogens with two attached hydrogens (primary N) is 1. The van der Waals surface area contributed by atoms with Crippen LogP contribution in [0.1, 0.15) is 13.3 Å². The Hall–Kier alpha value is -0.130. The Morgan fingerprint density at radius 1 is 1.57 bits per heavy atom.